The third-order valence-electron chi connectivity index (χ3n) is 3.04. The zero-order valence-electron chi connectivity index (χ0n) is 12.5. The molecule has 1 N–H and O–H groups in total. The minimum Gasteiger partial charge on any atom is -0.316 e. The van der Waals surface area contributed by atoms with Crippen LogP contribution in [-0.4, -0.2) is 13.1 Å². The van der Waals surface area contributed by atoms with Gasteiger partial charge < -0.3 is 5.32 Å². The zero-order valence-corrected chi connectivity index (χ0v) is 12.5. The first-order valence-corrected chi connectivity index (χ1v) is 7.53. The SMILES string of the molecule is CCCCCCCC(C)=CCCNCC(C)C. The van der Waals surface area contributed by atoms with Gasteiger partial charge in [0.1, 0.15) is 0 Å². The Morgan fingerprint density at radius 3 is 2.47 bits per heavy atom. The summed E-state index contributed by atoms with van der Waals surface area (Å²) in [5.74, 6) is 0.763. The minimum atomic E-state index is 0.763. The van der Waals surface area contributed by atoms with E-state index < -0.39 is 0 Å². The largest absolute Gasteiger partial charge is 0.316 e. The van der Waals surface area contributed by atoms with Gasteiger partial charge >= 0.3 is 0 Å². The van der Waals surface area contributed by atoms with Crippen LogP contribution in [0.25, 0.3) is 0 Å². The highest BCUT2D eigenvalue weighted by atomic mass is 14.8. The maximum absolute atomic E-state index is 3.48. The fourth-order valence-corrected chi connectivity index (χ4v) is 1.92. The van der Waals surface area contributed by atoms with Gasteiger partial charge in [0, 0.05) is 0 Å². The van der Waals surface area contributed by atoms with Crippen LogP contribution in [0.1, 0.15) is 72.6 Å². The number of allylic oxidation sites excluding steroid dienone is 1. The molecule has 0 atom stereocenters. The number of hydrogen-bond acceptors (Lipinski definition) is 1. The fraction of sp³-hybridized carbons (Fsp3) is 0.875. The maximum Gasteiger partial charge on any atom is -0.00141 e. The summed E-state index contributed by atoms with van der Waals surface area (Å²) in [7, 11) is 0. The summed E-state index contributed by atoms with van der Waals surface area (Å²) in [5.41, 5.74) is 1.58. The average molecular weight is 239 g/mol. The van der Waals surface area contributed by atoms with Gasteiger partial charge in [-0.1, -0.05) is 58.1 Å². The summed E-state index contributed by atoms with van der Waals surface area (Å²) >= 11 is 0. The van der Waals surface area contributed by atoms with Crippen molar-refractivity contribution in [2.45, 2.75) is 72.6 Å². The first-order valence-electron chi connectivity index (χ1n) is 7.53. The van der Waals surface area contributed by atoms with E-state index in [-0.39, 0.29) is 0 Å². The molecular weight excluding hydrogens is 206 g/mol. The van der Waals surface area contributed by atoms with Gasteiger partial charge in [0.2, 0.25) is 0 Å². The normalized spacial score (nSPS) is 12.4. The van der Waals surface area contributed by atoms with Crippen molar-refractivity contribution in [2.75, 3.05) is 13.1 Å². The fourth-order valence-electron chi connectivity index (χ4n) is 1.92. The van der Waals surface area contributed by atoms with Crippen LogP contribution < -0.4 is 5.32 Å². The minimum absolute atomic E-state index is 0.763. The molecule has 102 valence electrons. The van der Waals surface area contributed by atoms with E-state index in [4.69, 9.17) is 0 Å². The molecule has 0 saturated heterocycles. The molecule has 0 aromatic heterocycles. The molecule has 0 heterocycles. The topological polar surface area (TPSA) is 12.0 Å². The van der Waals surface area contributed by atoms with Gasteiger partial charge in [-0.15, -0.1) is 0 Å². The summed E-state index contributed by atoms with van der Waals surface area (Å²) in [5, 5.41) is 3.48. The summed E-state index contributed by atoms with van der Waals surface area (Å²) < 4.78 is 0. The smallest absolute Gasteiger partial charge is 0.00141 e. The molecular formula is C16H33N. The molecule has 0 aliphatic rings. The van der Waals surface area contributed by atoms with E-state index in [1.807, 2.05) is 0 Å². The quantitative estimate of drug-likeness (QED) is 0.398. The second-order valence-electron chi connectivity index (χ2n) is 5.60. The molecule has 1 nitrogen and oxygen atoms in total. The van der Waals surface area contributed by atoms with Crippen LogP contribution in [0.4, 0.5) is 0 Å². The van der Waals surface area contributed by atoms with Crippen molar-refractivity contribution in [3.63, 3.8) is 0 Å². The molecule has 0 aromatic carbocycles. The Balaban J connectivity index is 3.32. The van der Waals surface area contributed by atoms with Gasteiger partial charge in [-0.25, -0.2) is 0 Å². The van der Waals surface area contributed by atoms with Gasteiger partial charge in [0.25, 0.3) is 0 Å². The maximum atomic E-state index is 3.48. The van der Waals surface area contributed by atoms with Crippen LogP contribution in [-0.2, 0) is 0 Å². The molecule has 0 aromatic rings. The summed E-state index contributed by atoms with van der Waals surface area (Å²) in [4.78, 5) is 0. The Bertz CT molecular complexity index is 182. The summed E-state index contributed by atoms with van der Waals surface area (Å²) in [6.07, 6.45) is 11.8. The molecule has 0 rings (SSSR count). The Morgan fingerprint density at radius 2 is 1.82 bits per heavy atom. The van der Waals surface area contributed by atoms with Crippen LogP contribution in [0.2, 0.25) is 0 Å². The van der Waals surface area contributed by atoms with E-state index in [9.17, 15) is 0 Å². The highest BCUT2D eigenvalue weighted by Gasteiger charge is 1.93. The van der Waals surface area contributed by atoms with Crippen molar-refractivity contribution in [3.05, 3.63) is 11.6 Å². The summed E-state index contributed by atoms with van der Waals surface area (Å²) in [6, 6.07) is 0. The third kappa shape index (κ3) is 13.6. The Hall–Kier alpha value is -0.300. The molecule has 0 radical (unpaired) electrons. The van der Waals surface area contributed by atoms with Crippen molar-refractivity contribution in [1.29, 1.82) is 0 Å². The van der Waals surface area contributed by atoms with E-state index in [2.05, 4.69) is 39.1 Å². The second-order valence-corrected chi connectivity index (χ2v) is 5.60. The monoisotopic (exact) mass is 239 g/mol. The third-order valence-corrected chi connectivity index (χ3v) is 3.04. The van der Waals surface area contributed by atoms with E-state index in [0.29, 0.717) is 0 Å². The second kappa shape index (κ2) is 12.2. The lowest BCUT2D eigenvalue weighted by Gasteiger charge is -2.06. The molecule has 0 fully saturated rings. The number of nitrogens with one attached hydrogen (secondary N) is 1. The van der Waals surface area contributed by atoms with E-state index in [0.717, 1.165) is 19.0 Å². The van der Waals surface area contributed by atoms with Gasteiger partial charge in [-0.3, -0.25) is 0 Å². The molecule has 0 unspecified atom stereocenters. The van der Waals surface area contributed by atoms with Gasteiger partial charge in [0.15, 0.2) is 0 Å². The Kier molecular flexibility index (Phi) is 12.0. The lowest BCUT2D eigenvalue weighted by molar-refractivity contribution is 0.556. The lowest BCUT2D eigenvalue weighted by Crippen LogP contribution is -2.20. The number of unbranched alkanes of at least 4 members (excludes halogenated alkanes) is 4. The highest BCUT2D eigenvalue weighted by Crippen LogP contribution is 2.10. The van der Waals surface area contributed by atoms with Crippen molar-refractivity contribution in [2.24, 2.45) is 5.92 Å². The van der Waals surface area contributed by atoms with Crippen LogP contribution in [0.3, 0.4) is 0 Å². The van der Waals surface area contributed by atoms with Gasteiger partial charge in [-0.05, 0) is 45.2 Å². The van der Waals surface area contributed by atoms with Crippen molar-refractivity contribution >= 4 is 0 Å². The van der Waals surface area contributed by atoms with Gasteiger partial charge in [-0.2, -0.15) is 0 Å². The Morgan fingerprint density at radius 1 is 1.12 bits per heavy atom. The molecule has 0 spiro atoms. The lowest BCUT2D eigenvalue weighted by atomic mass is 10.1. The predicted octanol–water partition coefficient (Wildman–Crippen LogP) is 4.93. The Labute approximate surface area is 109 Å². The standard InChI is InChI=1S/C16H33N/c1-5-6-7-8-9-11-16(4)12-10-13-17-14-15(2)3/h12,15,17H,5-11,13-14H2,1-4H3. The molecule has 17 heavy (non-hydrogen) atoms. The van der Waals surface area contributed by atoms with E-state index >= 15 is 0 Å². The number of rotatable bonds is 11. The van der Waals surface area contributed by atoms with Crippen LogP contribution in [0, 0.1) is 5.92 Å². The zero-order chi connectivity index (χ0) is 12.9. The molecule has 1 heteroatoms. The van der Waals surface area contributed by atoms with Crippen LogP contribution in [0.15, 0.2) is 11.6 Å². The number of hydrogen-bond donors (Lipinski definition) is 1. The van der Waals surface area contributed by atoms with E-state index in [1.54, 1.807) is 5.57 Å². The van der Waals surface area contributed by atoms with Crippen molar-refractivity contribution < 1.29 is 0 Å². The molecule has 0 aliphatic carbocycles. The first-order chi connectivity index (χ1) is 8.16. The van der Waals surface area contributed by atoms with Gasteiger partial charge in [0.05, 0.1) is 0 Å². The molecule has 0 bridgehead atoms. The van der Waals surface area contributed by atoms with Crippen LogP contribution in [0.5, 0.6) is 0 Å². The summed E-state index contributed by atoms with van der Waals surface area (Å²) in [6.45, 7) is 11.3. The highest BCUT2D eigenvalue weighted by molar-refractivity contribution is 4.97. The van der Waals surface area contributed by atoms with Crippen LogP contribution >= 0.6 is 0 Å². The van der Waals surface area contributed by atoms with E-state index in [1.165, 1.54) is 44.9 Å². The molecule has 0 saturated carbocycles. The molecule has 0 aliphatic heterocycles. The van der Waals surface area contributed by atoms with Crippen molar-refractivity contribution in [1.82, 2.24) is 5.32 Å². The average Bonchev–Trinajstić information content (AvgIpc) is 2.28. The molecule has 0 amide bonds. The van der Waals surface area contributed by atoms with Crippen molar-refractivity contribution in [3.8, 4) is 0 Å². The predicted molar refractivity (Wildman–Crippen MR) is 79.5 cm³/mol. The first kappa shape index (κ1) is 16.7.